The first-order valence-electron chi connectivity index (χ1n) is 5.40. The molecule has 0 bridgehead atoms. The van der Waals surface area contributed by atoms with Crippen LogP contribution in [0.1, 0.15) is 33.1 Å². The van der Waals surface area contributed by atoms with Crippen LogP contribution in [0.2, 0.25) is 0 Å². The van der Waals surface area contributed by atoms with E-state index in [1.165, 1.54) is 6.11 Å². The average molecular weight is 209 g/mol. The Kier molecular flexibility index (Phi) is 4.65. The van der Waals surface area contributed by atoms with Gasteiger partial charge in [0, 0.05) is 0 Å². The molecule has 0 amide bonds. The third kappa shape index (κ3) is 2.98. The summed E-state index contributed by atoms with van der Waals surface area (Å²) in [5, 5.41) is 0. The van der Waals surface area contributed by atoms with Crippen molar-refractivity contribution in [3.63, 3.8) is 0 Å². The Balaban J connectivity index is 2.60. The summed E-state index contributed by atoms with van der Waals surface area (Å²) in [6, 6.07) is -0.0734. The molecular formula is C10H16BNO3. The summed E-state index contributed by atoms with van der Waals surface area (Å²) >= 11 is 0. The molecule has 5 heteroatoms. The van der Waals surface area contributed by atoms with Crippen LogP contribution in [0.3, 0.4) is 0 Å². The Labute approximate surface area is 90.4 Å². The predicted octanol–water partition coefficient (Wildman–Crippen LogP) is 1.18. The Hall–Kier alpha value is -0.995. The molecular weight excluding hydrogens is 193 g/mol. The Morgan fingerprint density at radius 1 is 1.67 bits per heavy atom. The minimum absolute atomic E-state index is 0.00970. The monoisotopic (exact) mass is 209 g/mol. The van der Waals surface area contributed by atoms with E-state index >= 15 is 0 Å². The fourth-order valence-electron chi connectivity index (χ4n) is 1.85. The van der Waals surface area contributed by atoms with Crippen LogP contribution in [0.15, 0.2) is 4.99 Å². The van der Waals surface area contributed by atoms with Crippen LogP contribution in [0, 0.1) is 5.92 Å². The number of cyclic esters (lactones) is 1. The zero-order valence-corrected chi connectivity index (χ0v) is 9.18. The van der Waals surface area contributed by atoms with Gasteiger partial charge in [0.1, 0.15) is 0 Å². The fraction of sp³-hybridized carbons (Fsp3) is 0.800. The third-order valence-corrected chi connectivity index (χ3v) is 2.80. The second kappa shape index (κ2) is 5.78. The summed E-state index contributed by atoms with van der Waals surface area (Å²) in [5.41, 5.74) is 0. The molecule has 82 valence electrons. The van der Waals surface area contributed by atoms with Crippen LogP contribution in [0.5, 0.6) is 0 Å². The molecule has 15 heavy (non-hydrogen) atoms. The van der Waals surface area contributed by atoms with Gasteiger partial charge in [-0.2, -0.15) is 0 Å². The van der Waals surface area contributed by atoms with Crippen molar-refractivity contribution in [2.75, 3.05) is 0 Å². The summed E-state index contributed by atoms with van der Waals surface area (Å²) in [6.45, 7) is 3.95. The normalized spacial score (nSPS) is 27.7. The fourth-order valence-corrected chi connectivity index (χ4v) is 1.85. The standard InChI is InChI=1S/C10H16BNO3/c1-3-7-5-9(15-10(7)13)8(4-2)12-6-11-14/h6-9H,3-5H2,1-2H3/t7?,8?,9-/m0/s1. The second-order valence-corrected chi connectivity index (χ2v) is 3.73. The van der Waals surface area contributed by atoms with Gasteiger partial charge in [0.15, 0.2) is 0 Å². The minimum atomic E-state index is -0.149. The van der Waals surface area contributed by atoms with E-state index in [0.717, 1.165) is 19.3 Å². The van der Waals surface area contributed by atoms with Crippen LogP contribution in [-0.2, 0) is 14.2 Å². The number of hydrogen-bond donors (Lipinski definition) is 0. The summed E-state index contributed by atoms with van der Waals surface area (Å²) in [5.74, 6) is -0.113. The van der Waals surface area contributed by atoms with Crippen LogP contribution in [-0.4, -0.2) is 31.4 Å². The molecule has 0 spiro atoms. The molecule has 0 aromatic heterocycles. The molecule has 2 unspecified atom stereocenters. The number of carbonyl (C=O) groups excluding carboxylic acids is 1. The number of aliphatic imine (C=N–C) groups is 1. The number of ether oxygens (including phenoxy) is 1. The van der Waals surface area contributed by atoms with E-state index in [2.05, 4.69) is 4.99 Å². The first kappa shape index (κ1) is 12.1. The summed E-state index contributed by atoms with van der Waals surface area (Å²) in [4.78, 5) is 15.4. The Morgan fingerprint density at radius 2 is 2.40 bits per heavy atom. The number of esters is 1. The Bertz CT molecular complexity index is 267. The molecule has 0 N–H and O–H groups in total. The van der Waals surface area contributed by atoms with E-state index in [-0.39, 0.29) is 24.0 Å². The molecule has 0 saturated carbocycles. The van der Waals surface area contributed by atoms with Gasteiger partial charge in [-0.05, 0) is 0 Å². The number of rotatable bonds is 5. The molecule has 1 heterocycles. The molecule has 1 rings (SSSR count). The van der Waals surface area contributed by atoms with Crippen molar-refractivity contribution in [2.45, 2.75) is 45.3 Å². The number of hydrogen-bond acceptors (Lipinski definition) is 4. The summed E-state index contributed by atoms with van der Waals surface area (Å²) in [7, 11) is 0.650. The van der Waals surface area contributed by atoms with E-state index in [4.69, 9.17) is 4.74 Å². The molecule has 0 aliphatic carbocycles. The van der Waals surface area contributed by atoms with E-state index in [1.54, 1.807) is 0 Å². The van der Waals surface area contributed by atoms with Gasteiger partial charge in [0.05, 0.1) is 0 Å². The van der Waals surface area contributed by atoms with Crippen molar-refractivity contribution in [2.24, 2.45) is 10.9 Å². The van der Waals surface area contributed by atoms with E-state index in [1.807, 2.05) is 13.8 Å². The number of nitrogens with zero attached hydrogens (tertiary/aromatic N) is 1. The van der Waals surface area contributed by atoms with Gasteiger partial charge in [0.25, 0.3) is 0 Å². The van der Waals surface area contributed by atoms with Crippen molar-refractivity contribution in [1.29, 1.82) is 0 Å². The topological polar surface area (TPSA) is 55.7 Å². The van der Waals surface area contributed by atoms with Crippen LogP contribution in [0.25, 0.3) is 0 Å². The van der Waals surface area contributed by atoms with E-state index < -0.39 is 0 Å². The van der Waals surface area contributed by atoms with E-state index in [0.29, 0.717) is 7.15 Å². The Morgan fingerprint density at radius 3 is 2.87 bits per heavy atom. The van der Waals surface area contributed by atoms with Crippen LogP contribution < -0.4 is 0 Å². The maximum atomic E-state index is 11.4. The molecule has 0 aromatic carbocycles. The zero-order chi connectivity index (χ0) is 11.3. The molecule has 1 fully saturated rings. The molecule has 4 nitrogen and oxygen atoms in total. The molecule has 1 saturated heterocycles. The third-order valence-electron chi connectivity index (χ3n) is 2.80. The predicted molar refractivity (Wildman–Crippen MR) is 57.3 cm³/mol. The quantitative estimate of drug-likeness (QED) is 0.388. The van der Waals surface area contributed by atoms with Gasteiger partial charge in [-0.1, -0.05) is 0 Å². The zero-order valence-electron chi connectivity index (χ0n) is 9.18. The molecule has 3 atom stereocenters. The van der Waals surface area contributed by atoms with E-state index in [9.17, 15) is 9.50 Å². The molecule has 1 aliphatic rings. The van der Waals surface area contributed by atoms with Crippen LogP contribution >= 0.6 is 0 Å². The SMILES string of the molecule is CCC1C[C@@H](C(CC)N=CB=O)OC1=O. The summed E-state index contributed by atoms with van der Waals surface area (Å²) < 4.78 is 15.4. The van der Waals surface area contributed by atoms with Crippen molar-refractivity contribution in [3.05, 3.63) is 0 Å². The van der Waals surface area contributed by atoms with Crippen molar-refractivity contribution in [1.82, 2.24) is 0 Å². The van der Waals surface area contributed by atoms with Gasteiger partial charge >= 0.3 is 89.6 Å². The van der Waals surface area contributed by atoms with Gasteiger partial charge < -0.3 is 0 Å². The van der Waals surface area contributed by atoms with Crippen LogP contribution in [0.4, 0.5) is 0 Å². The van der Waals surface area contributed by atoms with Gasteiger partial charge in [-0.3, -0.25) is 0 Å². The molecule has 0 aromatic rings. The van der Waals surface area contributed by atoms with Gasteiger partial charge in [-0.15, -0.1) is 0 Å². The molecule has 1 aliphatic heterocycles. The van der Waals surface area contributed by atoms with Crippen molar-refractivity contribution in [3.8, 4) is 0 Å². The van der Waals surface area contributed by atoms with Gasteiger partial charge in [-0.25, -0.2) is 0 Å². The second-order valence-electron chi connectivity index (χ2n) is 3.73. The van der Waals surface area contributed by atoms with Gasteiger partial charge in [0.2, 0.25) is 0 Å². The maximum absolute atomic E-state index is 11.4. The number of carbonyl (C=O) groups is 1. The summed E-state index contributed by atoms with van der Waals surface area (Å²) in [6.07, 6.45) is 3.40. The van der Waals surface area contributed by atoms with Crippen molar-refractivity contribution < 1.29 is 14.2 Å². The van der Waals surface area contributed by atoms with Crippen molar-refractivity contribution >= 4 is 19.2 Å². The molecule has 0 radical (unpaired) electrons. The first-order valence-corrected chi connectivity index (χ1v) is 5.40. The average Bonchev–Trinajstić information content (AvgIpc) is 2.61. The first-order chi connectivity index (χ1) is 7.22.